The quantitative estimate of drug-likeness (QED) is 0.865. The maximum Gasteiger partial charge on any atom is 0.0728 e. The van der Waals surface area contributed by atoms with Gasteiger partial charge in [0.25, 0.3) is 0 Å². The fraction of sp³-hybridized carbons (Fsp3) is 0.786. The lowest BCUT2D eigenvalue weighted by atomic mass is 9.91. The van der Waals surface area contributed by atoms with Crippen LogP contribution in [0.15, 0.2) is 12.4 Å². The van der Waals surface area contributed by atoms with Crippen molar-refractivity contribution in [3.8, 4) is 0 Å². The van der Waals surface area contributed by atoms with Gasteiger partial charge in [0.05, 0.1) is 11.9 Å². The number of rotatable bonds is 3. The van der Waals surface area contributed by atoms with Gasteiger partial charge in [-0.15, -0.1) is 0 Å². The first-order valence-electron chi connectivity index (χ1n) is 6.68. The lowest BCUT2D eigenvalue weighted by molar-refractivity contribution is 0.366. The van der Waals surface area contributed by atoms with E-state index in [1.165, 1.54) is 12.8 Å². The largest absolute Gasteiger partial charge is 0.379 e. The minimum Gasteiger partial charge on any atom is -0.379 e. The molecule has 1 aromatic heterocycles. The van der Waals surface area contributed by atoms with E-state index in [2.05, 4.69) is 51.2 Å². The Hall–Kier alpha value is -0.990. The van der Waals surface area contributed by atoms with Gasteiger partial charge >= 0.3 is 0 Å². The molecule has 1 fully saturated rings. The molecule has 0 radical (unpaired) electrons. The maximum absolute atomic E-state index is 4.37. The Morgan fingerprint density at radius 1 is 1.41 bits per heavy atom. The van der Waals surface area contributed by atoms with Crippen molar-refractivity contribution in [2.75, 3.05) is 5.32 Å². The zero-order chi connectivity index (χ0) is 12.6. The SMILES string of the molecule is CC1CC(C)(C)CC1Nc1cnn(C(C)C)c1. The van der Waals surface area contributed by atoms with Crippen LogP contribution in [0.3, 0.4) is 0 Å². The van der Waals surface area contributed by atoms with E-state index in [0.29, 0.717) is 17.5 Å². The number of nitrogens with one attached hydrogen (secondary N) is 1. The van der Waals surface area contributed by atoms with Crippen LogP contribution in [0, 0.1) is 11.3 Å². The number of hydrogen-bond donors (Lipinski definition) is 1. The highest BCUT2D eigenvalue weighted by atomic mass is 15.3. The molecule has 0 bridgehead atoms. The summed E-state index contributed by atoms with van der Waals surface area (Å²) in [6.07, 6.45) is 6.62. The molecule has 3 heteroatoms. The monoisotopic (exact) mass is 235 g/mol. The molecule has 2 atom stereocenters. The molecular weight excluding hydrogens is 210 g/mol. The molecule has 1 heterocycles. The standard InChI is InChI=1S/C14H25N3/c1-10(2)17-9-12(8-15-17)16-13-7-14(4,5)6-11(13)3/h8-11,13,16H,6-7H2,1-5H3. The average molecular weight is 235 g/mol. The summed E-state index contributed by atoms with van der Waals surface area (Å²) in [7, 11) is 0. The molecule has 0 amide bonds. The maximum atomic E-state index is 4.37. The third-order valence-corrected chi connectivity index (χ3v) is 3.82. The highest BCUT2D eigenvalue weighted by Crippen LogP contribution is 2.42. The van der Waals surface area contributed by atoms with Gasteiger partial charge in [-0.2, -0.15) is 5.10 Å². The molecule has 1 aliphatic carbocycles. The zero-order valence-corrected chi connectivity index (χ0v) is 11.7. The average Bonchev–Trinajstić information content (AvgIpc) is 2.72. The van der Waals surface area contributed by atoms with Crippen LogP contribution >= 0.6 is 0 Å². The van der Waals surface area contributed by atoms with E-state index in [1.54, 1.807) is 0 Å². The summed E-state index contributed by atoms with van der Waals surface area (Å²) in [4.78, 5) is 0. The molecule has 96 valence electrons. The van der Waals surface area contributed by atoms with Crippen molar-refractivity contribution in [1.82, 2.24) is 9.78 Å². The number of anilines is 1. The van der Waals surface area contributed by atoms with Gasteiger partial charge in [-0.25, -0.2) is 0 Å². The van der Waals surface area contributed by atoms with E-state index in [4.69, 9.17) is 0 Å². The fourth-order valence-electron chi connectivity index (χ4n) is 3.00. The van der Waals surface area contributed by atoms with Gasteiger partial charge in [-0.05, 0) is 38.0 Å². The summed E-state index contributed by atoms with van der Waals surface area (Å²) in [5.41, 5.74) is 1.64. The summed E-state index contributed by atoms with van der Waals surface area (Å²) >= 11 is 0. The Morgan fingerprint density at radius 2 is 2.12 bits per heavy atom. The van der Waals surface area contributed by atoms with Gasteiger partial charge in [0.1, 0.15) is 0 Å². The molecular formula is C14H25N3. The topological polar surface area (TPSA) is 29.9 Å². The van der Waals surface area contributed by atoms with E-state index in [-0.39, 0.29) is 0 Å². The van der Waals surface area contributed by atoms with Gasteiger partial charge in [0.15, 0.2) is 0 Å². The van der Waals surface area contributed by atoms with Crippen molar-refractivity contribution in [2.45, 2.75) is 59.5 Å². The molecule has 0 spiro atoms. The molecule has 2 rings (SSSR count). The van der Waals surface area contributed by atoms with Crippen molar-refractivity contribution in [2.24, 2.45) is 11.3 Å². The predicted molar refractivity (Wildman–Crippen MR) is 72.2 cm³/mol. The van der Waals surface area contributed by atoms with Crippen LogP contribution < -0.4 is 5.32 Å². The highest BCUT2D eigenvalue weighted by Gasteiger charge is 2.36. The second-order valence-electron chi connectivity index (χ2n) is 6.60. The molecule has 0 aliphatic heterocycles. The van der Waals surface area contributed by atoms with Crippen molar-refractivity contribution in [3.63, 3.8) is 0 Å². The first kappa shape index (κ1) is 12.5. The van der Waals surface area contributed by atoms with Crippen molar-refractivity contribution < 1.29 is 0 Å². The van der Waals surface area contributed by atoms with E-state index in [9.17, 15) is 0 Å². The second-order valence-corrected chi connectivity index (χ2v) is 6.60. The van der Waals surface area contributed by atoms with E-state index >= 15 is 0 Å². The Labute approximate surface area is 105 Å². The van der Waals surface area contributed by atoms with Crippen LogP contribution in [-0.4, -0.2) is 15.8 Å². The predicted octanol–water partition coefficient (Wildman–Crippen LogP) is 3.70. The summed E-state index contributed by atoms with van der Waals surface area (Å²) < 4.78 is 2.01. The summed E-state index contributed by atoms with van der Waals surface area (Å²) in [6, 6.07) is 1.03. The number of nitrogens with zero attached hydrogens (tertiary/aromatic N) is 2. The lowest BCUT2D eigenvalue weighted by Gasteiger charge is -2.18. The van der Waals surface area contributed by atoms with Crippen molar-refractivity contribution in [1.29, 1.82) is 0 Å². The third-order valence-electron chi connectivity index (χ3n) is 3.82. The molecule has 3 nitrogen and oxygen atoms in total. The van der Waals surface area contributed by atoms with Crippen LogP contribution in [0.1, 0.15) is 53.5 Å². The third kappa shape index (κ3) is 2.82. The summed E-state index contributed by atoms with van der Waals surface area (Å²) in [6.45, 7) is 11.4. The van der Waals surface area contributed by atoms with E-state index in [1.807, 2.05) is 10.9 Å². The van der Waals surface area contributed by atoms with Gasteiger partial charge in [-0.3, -0.25) is 4.68 Å². The van der Waals surface area contributed by atoms with E-state index < -0.39 is 0 Å². The molecule has 1 N–H and O–H groups in total. The Bertz CT molecular complexity index is 379. The Morgan fingerprint density at radius 3 is 2.59 bits per heavy atom. The van der Waals surface area contributed by atoms with Crippen LogP contribution in [-0.2, 0) is 0 Å². The normalized spacial score (nSPS) is 27.6. The first-order valence-corrected chi connectivity index (χ1v) is 6.68. The molecule has 1 saturated carbocycles. The minimum atomic E-state index is 0.433. The molecule has 1 aromatic rings. The van der Waals surface area contributed by atoms with Gasteiger partial charge < -0.3 is 5.32 Å². The second kappa shape index (κ2) is 4.35. The van der Waals surface area contributed by atoms with Gasteiger partial charge in [0, 0.05) is 18.3 Å². The van der Waals surface area contributed by atoms with Crippen molar-refractivity contribution >= 4 is 5.69 Å². The van der Waals surface area contributed by atoms with Crippen LogP contribution in [0.25, 0.3) is 0 Å². The lowest BCUT2D eigenvalue weighted by Crippen LogP contribution is -2.22. The Balaban J connectivity index is 2.01. The van der Waals surface area contributed by atoms with Gasteiger partial charge in [-0.1, -0.05) is 20.8 Å². The minimum absolute atomic E-state index is 0.433. The number of aromatic nitrogens is 2. The van der Waals surface area contributed by atoms with E-state index in [0.717, 1.165) is 11.6 Å². The highest BCUT2D eigenvalue weighted by molar-refractivity contribution is 5.40. The van der Waals surface area contributed by atoms with Crippen LogP contribution in [0.5, 0.6) is 0 Å². The first-order chi connectivity index (χ1) is 7.87. The molecule has 0 aromatic carbocycles. The molecule has 17 heavy (non-hydrogen) atoms. The van der Waals surface area contributed by atoms with Crippen LogP contribution in [0.4, 0.5) is 5.69 Å². The van der Waals surface area contributed by atoms with Crippen molar-refractivity contribution in [3.05, 3.63) is 12.4 Å². The summed E-state index contributed by atoms with van der Waals surface area (Å²) in [5.74, 6) is 0.743. The zero-order valence-electron chi connectivity index (χ0n) is 11.7. The van der Waals surface area contributed by atoms with Crippen LogP contribution in [0.2, 0.25) is 0 Å². The van der Waals surface area contributed by atoms with Gasteiger partial charge in [0.2, 0.25) is 0 Å². The molecule has 0 saturated heterocycles. The number of hydrogen-bond acceptors (Lipinski definition) is 2. The summed E-state index contributed by atoms with van der Waals surface area (Å²) in [5, 5.41) is 8.01. The Kier molecular flexibility index (Phi) is 3.19. The fourth-order valence-corrected chi connectivity index (χ4v) is 3.00. The molecule has 2 unspecified atom stereocenters. The smallest absolute Gasteiger partial charge is 0.0728 e. The molecule has 1 aliphatic rings.